The first-order valence-electron chi connectivity index (χ1n) is 8.12. The zero-order valence-electron chi connectivity index (χ0n) is 14.2. The van der Waals surface area contributed by atoms with Crippen molar-refractivity contribution in [2.24, 2.45) is 0 Å². The summed E-state index contributed by atoms with van der Waals surface area (Å²) in [6, 6.07) is 23.9. The topological polar surface area (TPSA) is 30.5 Å². The summed E-state index contributed by atoms with van der Waals surface area (Å²) in [4.78, 5) is 0. The van der Waals surface area contributed by atoms with E-state index >= 15 is 0 Å². The molecule has 0 amide bonds. The zero-order chi connectivity index (χ0) is 17.5. The predicted molar refractivity (Wildman–Crippen MR) is 104 cm³/mol. The molecule has 126 valence electrons. The maximum atomic E-state index is 5.83. The van der Waals surface area contributed by atoms with E-state index < -0.39 is 0 Å². The monoisotopic (exact) mass is 331 g/mol. The van der Waals surface area contributed by atoms with E-state index in [1.54, 1.807) is 7.11 Å². The predicted octanol–water partition coefficient (Wildman–Crippen LogP) is 5.66. The second kappa shape index (κ2) is 8.06. The van der Waals surface area contributed by atoms with Crippen LogP contribution in [0, 0.1) is 0 Å². The standard InChI is InChI=1S/C22H21NO2/c1-3-17-4-6-18(7-5-17)16-25-22-14-10-20(11-15-22)23-19-8-12-21(24-2)13-9-19/h3-15,23H,1,16H2,2H3. The van der Waals surface area contributed by atoms with Crippen molar-refractivity contribution >= 4 is 17.5 Å². The summed E-state index contributed by atoms with van der Waals surface area (Å²) in [5.41, 5.74) is 4.26. The Morgan fingerprint density at radius 3 is 1.88 bits per heavy atom. The number of anilines is 2. The quantitative estimate of drug-likeness (QED) is 0.606. The molecule has 0 bridgehead atoms. The van der Waals surface area contributed by atoms with E-state index in [2.05, 4.69) is 24.0 Å². The summed E-state index contributed by atoms with van der Waals surface area (Å²) in [6.07, 6.45) is 1.83. The Hall–Kier alpha value is -3.20. The molecule has 0 aromatic heterocycles. The lowest BCUT2D eigenvalue weighted by Gasteiger charge is -2.10. The van der Waals surface area contributed by atoms with Crippen molar-refractivity contribution < 1.29 is 9.47 Å². The van der Waals surface area contributed by atoms with Crippen LogP contribution in [0.25, 0.3) is 6.08 Å². The first kappa shape index (κ1) is 16.7. The van der Waals surface area contributed by atoms with Crippen molar-refractivity contribution in [2.45, 2.75) is 6.61 Å². The first-order valence-corrected chi connectivity index (χ1v) is 8.12. The molecular weight excluding hydrogens is 310 g/mol. The lowest BCUT2D eigenvalue weighted by Crippen LogP contribution is -1.96. The lowest BCUT2D eigenvalue weighted by molar-refractivity contribution is 0.306. The molecule has 0 radical (unpaired) electrons. The summed E-state index contributed by atoms with van der Waals surface area (Å²) in [5, 5.41) is 3.35. The van der Waals surface area contributed by atoms with Gasteiger partial charge in [0.15, 0.2) is 0 Å². The fourth-order valence-corrected chi connectivity index (χ4v) is 2.39. The van der Waals surface area contributed by atoms with Crippen molar-refractivity contribution in [1.82, 2.24) is 0 Å². The van der Waals surface area contributed by atoms with Crippen LogP contribution in [-0.4, -0.2) is 7.11 Å². The van der Waals surface area contributed by atoms with Crippen LogP contribution in [0.5, 0.6) is 11.5 Å². The second-order valence-electron chi connectivity index (χ2n) is 5.61. The Labute approximate surface area is 148 Å². The Kier molecular flexibility index (Phi) is 5.37. The lowest BCUT2D eigenvalue weighted by atomic mass is 10.1. The second-order valence-corrected chi connectivity index (χ2v) is 5.61. The molecule has 3 nitrogen and oxygen atoms in total. The highest BCUT2D eigenvalue weighted by atomic mass is 16.5. The summed E-state index contributed by atoms with van der Waals surface area (Å²) < 4.78 is 11.0. The molecule has 0 aliphatic rings. The van der Waals surface area contributed by atoms with Crippen LogP contribution in [0.15, 0.2) is 79.4 Å². The number of benzene rings is 3. The third-order valence-corrected chi connectivity index (χ3v) is 3.85. The first-order chi connectivity index (χ1) is 12.3. The molecule has 0 aliphatic carbocycles. The van der Waals surface area contributed by atoms with Crippen molar-refractivity contribution in [3.05, 3.63) is 90.5 Å². The van der Waals surface area contributed by atoms with Crippen LogP contribution in [0.4, 0.5) is 11.4 Å². The molecule has 0 fully saturated rings. The number of nitrogens with one attached hydrogen (secondary N) is 1. The van der Waals surface area contributed by atoms with Crippen LogP contribution >= 0.6 is 0 Å². The van der Waals surface area contributed by atoms with Crippen molar-refractivity contribution in [3.63, 3.8) is 0 Å². The van der Waals surface area contributed by atoms with Crippen molar-refractivity contribution in [2.75, 3.05) is 12.4 Å². The van der Waals surface area contributed by atoms with Crippen LogP contribution in [0.1, 0.15) is 11.1 Å². The van der Waals surface area contributed by atoms with Gasteiger partial charge in [-0.1, -0.05) is 36.9 Å². The van der Waals surface area contributed by atoms with E-state index in [-0.39, 0.29) is 0 Å². The Morgan fingerprint density at radius 2 is 1.36 bits per heavy atom. The van der Waals surface area contributed by atoms with Gasteiger partial charge in [0.05, 0.1) is 7.11 Å². The molecule has 0 spiro atoms. The molecule has 0 heterocycles. The van der Waals surface area contributed by atoms with Crippen LogP contribution in [0.3, 0.4) is 0 Å². The van der Waals surface area contributed by atoms with Crippen molar-refractivity contribution in [3.8, 4) is 11.5 Å². The van der Waals surface area contributed by atoms with Crippen LogP contribution in [-0.2, 0) is 6.61 Å². The van der Waals surface area contributed by atoms with E-state index in [0.29, 0.717) is 6.61 Å². The van der Waals surface area contributed by atoms with E-state index in [9.17, 15) is 0 Å². The third kappa shape index (κ3) is 4.64. The summed E-state index contributed by atoms with van der Waals surface area (Å²) in [5.74, 6) is 1.68. The maximum Gasteiger partial charge on any atom is 0.119 e. The summed E-state index contributed by atoms with van der Waals surface area (Å²) in [6.45, 7) is 4.30. The SMILES string of the molecule is C=Cc1ccc(COc2ccc(Nc3ccc(OC)cc3)cc2)cc1. The Morgan fingerprint density at radius 1 is 0.800 bits per heavy atom. The van der Waals surface area contributed by atoms with Gasteiger partial charge in [0.1, 0.15) is 18.1 Å². The van der Waals surface area contributed by atoms with Gasteiger partial charge >= 0.3 is 0 Å². The highest BCUT2D eigenvalue weighted by Gasteiger charge is 1.99. The van der Waals surface area contributed by atoms with Gasteiger partial charge in [-0.05, 0) is 59.7 Å². The molecule has 0 atom stereocenters. The van der Waals surface area contributed by atoms with Gasteiger partial charge in [-0.25, -0.2) is 0 Å². The minimum atomic E-state index is 0.544. The average Bonchev–Trinajstić information content (AvgIpc) is 2.68. The Balaban J connectivity index is 1.56. The van der Waals surface area contributed by atoms with Gasteiger partial charge in [0.25, 0.3) is 0 Å². The van der Waals surface area contributed by atoms with Gasteiger partial charge < -0.3 is 14.8 Å². The third-order valence-electron chi connectivity index (χ3n) is 3.85. The number of hydrogen-bond donors (Lipinski definition) is 1. The van der Waals surface area contributed by atoms with Crippen LogP contribution in [0.2, 0.25) is 0 Å². The highest BCUT2D eigenvalue weighted by Crippen LogP contribution is 2.22. The molecule has 0 aliphatic heterocycles. The molecule has 3 aromatic carbocycles. The van der Waals surface area contributed by atoms with E-state index in [1.165, 1.54) is 0 Å². The molecule has 3 aromatic rings. The fraction of sp³-hybridized carbons (Fsp3) is 0.0909. The molecule has 3 heteroatoms. The smallest absolute Gasteiger partial charge is 0.119 e. The molecule has 3 rings (SSSR count). The fourth-order valence-electron chi connectivity index (χ4n) is 2.39. The van der Waals surface area contributed by atoms with Gasteiger partial charge in [-0.3, -0.25) is 0 Å². The highest BCUT2D eigenvalue weighted by molar-refractivity contribution is 5.61. The minimum Gasteiger partial charge on any atom is -0.497 e. The Bertz CT molecular complexity index is 806. The largest absolute Gasteiger partial charge is 0.497 e. The molecule has 0 unspecified atom stereocenters. The van der Waals surface area contributed by atoms with Gasteiger partial charge in [-0.2, -0.15) is 0 Å². The van der Waals surface area contributed by atoms with Gasteiger partial charge in [-0.15, -0.1) is 0 Å². The van der Waals surface area contributed by atoms with Gasteiger partial charge in [0, 0.05) is 11.4 Å². The molecule has 0 saturated carbocycles. The van der Waals surface area contributed by atoms with E-state index in [4.69, 9.17) is 9.47 Å². The van der Waals surface area contributed by atoms with Crippen LogP contribution < -0.4 is 14.8 Å². The molecule has 0 saturated heterocycles. The minimum absolute atomic E-state index is 0.544. The van der Waals surface area contributed by atoms with Gasteiger partial charge in [0.2, 0.25) is 0 Å². The number of methoxy groups -OCH3 is 1. The molecule has 1 N–H and O–H groups in total. The molecular formula is C22H21NO2. The summed E-state index contributed by atoms with van der Waals surface area (Å²) >= 11 is 0. The normalized spacial score (nSPS) is 10.1. The average molecular weight is 331 g/mol. The van der Waals surface area contributed by atoms with E-state index in [1.807, 2.05) is 66.7 Å². The van der Waals surface area contributed by atoms with E-state index in [0.717, 1.165) is 34.0 Å². The number of ether oxygens (including phenoxy) is 2. The number of rotatable bonds is 7. The molecule has 25 heavy (non-hydrogen) atoms. The van der Waals surface area contributed by atoms with Crippen molar-refractivity contribution in [1.29, 1.82) is 0 Å². The number of hydrogen-bond acceptors (Lipinski definition) is 3. The zero-order valence-corrected chi connectivity index (χ0v) is 14.2. The summed E-state index contributed by atoms with van der Waals surface area (Å²) in [7, 11) is 1.66. The maximum absolute atomic E-state index is 5.83.